The second kappa shape index (κ2) is 7.97. The first-order valence-electron chi connectivity index (χ1n) is 7.48. The largest absolute Gasteiger partial charge is 0.434 e. The summed E-state index contributed by atoms with van der Waals surface area (Å²) < 4.78 is 30.7. The van der Waals surface area contributed by atoms with Gasteiger partial charge in [-0.15, -0.1) is 5.10 Å². The molecule has 132 valence electrons. The molecule has 0 aliphatic heterocycles. The SMILES string of the molecule is O=C(/C=C/c1ccccc1OC(F)F)Nc1ccc(-n2cnnn2)cc1. The van der Waals surface area contributed by atoms with Crippen LogP contribution in [0.25, 0.3) is 11.8 Å². The van der Waals surface area contributed by atoms with Crippen LogP contribution < -0.4 is 10.1 Å². The Hall–Kier alpha value is -3.62. The molecule has 1 amide bonds. The number of hydrogen-bond donors (Lipinski definition) is 1. The predicted molar refractivity (Wildman–Crippen MR) is 89.9 cm³/mol. The molecule has 1 heterocycles. The van der Waals surface area contributed by atoms with Crippen molar-refractivity contribution in [3.8, 4) is 11.4 Å². The Bertz CT molecular complexity index is 896. The summed E-state index contributed by atoms with van der Waals surface area (Å²) in [7, 11) is 0. The van der Waals surface area contributed by atoms with Crippen molar-refractivity contribution in [1.29, 1.82) is 0 Å². The van der Waals surface area contributed by atoms with Crippen LogP contribution in [-0.2, 0) is 4.79 Å². The molecule has 0 aliphatic carbocycles. The quantitative estimate of drug-likeness (QED) is 0.686. The minimum Gasteiger partial charge on any atom is -0.434 e. The smallest absolute Gasteiger partial charge is 0.387 e. The number of para-hydroxylation sites is 1. The summed E-state index contributed by atoms with van der Waals surface area (Å²) in [5.74, 6) is -0.413. The number of carbonyl (C=O) groups is 1. The van der Waals surface area contributed by atoms with Gasteiger partial charge in [0.2, 0.25) is 5.91 Å². The highest BCUT2D eigenvalue weighted by atomic mass is 19.3. The predicted octanol–water partition coefficient (Wildman–Crippen LogP) is 2.92. The molecule has 0 radical (unpaired) electrons. The third-order valence-electron chi connectivity index (χ3n) is 3.30. The molecule has 3 aromatic rings. The summed E-state index contributed by atoms with van der Waals surface area (Å²) in [4.78, 5) is 12.0. The monoisotopic (exact) mass is 357 g/mol. The van der Waals surface area contributed by atoms with Crippen LogP contribution in [0.3, 0.4) is 0 Å². The Morgan fingerprint density at radius 2 is 1.92 bits per heavy atom. The second-order valence-electron chi connectivity index (χ2n) is 5.04. The first-order chi connectivity index (χ1) is 12.6. The van der Waals surface area contributed by atoms with E-state index in [2.05, 4.69) is 25.6 Å². The highest BCUT2D eigenvalue weighted by Crippen LogP contribution is 2.21. The molecule has 9 heteroatoms. The third-order valence-corrected chi connectivity index (χ3v) is 3.30. The van der Waals surface area contributed by atoms with Gasteiger partial charge in [0.1, 0.15) is 12.1 Å². The zero-order chi connectivity index (χ0) is 18.4. The van der Waals surface area contributed by atoms with E-state index in [9.17, 15) is 13.6 Å². The molecule has 1 aromatic heterocycles. The van der Waals surface area contributed by atoms with E-state index in [0.29, 0.717) is 11.3 Å². The van der Waals surface area contributed by atoms with Crippen LogP contribution in [0.4, 0.5) is 14.5 Å². The number of tetrazole rings is 1. The number of amides is 1. The molecule has 0 aliphatic rings. The molecule has 26 heavy (non-hydrogen) atoms. The lowest BCUT2D eigenvalue weighted by atomic mass is 10.2. The van der Waals surface area contributed by atoms with E-state index in [4.69, 9.17) is 0 Å². The van der Waals surface area contributed by atoms with Gasteiger partial charge in [0.15, 0.2) is 0 Å². The maximum absolute atomic E-state index is 12.4. The van der Waals surface area contributed by atoms with E-state index in [1.54, 1.807) is 42.5 Å². The van der Waals surface area contributed by atoms with Crippen molar-refractivity contribution in [2.45, 2.75) is 6.61 Å². The molecule has 2 aromatic carbocycles. The number of hydrogen-bond acceptors (Lipinski definition) is 5. The topological polar surface area (TPSA) is 81.9 Å². The van der Waals surface area contributed by atoms with E-state index in [0.717, 1.165) is 5.69 Å². The van der Waals surface area contributed by atoms with Gasteiger partial charge in [-0.2, -0.15) is 8.78 Å². The summed E-state index contributed by atoms with van der Waals surface area (Å²) in [6, 6.07) is 13.1. The fourth-order valence-corrected chi connectivity index (χ4v) is 2.15. The highest BCUT2D eigenvalue weighted by molar-refractivity contribution is 6.02. The van der Waals surface area contributed by atoms with E-state index >= 15 is 0 Å². The van der Waals surface area contributed by atoms with Gasteiger partial charge in [-0.1, -0.05) is 18.2 Å². The lowest BCUT2D eigenvalue weighted by molar-refractivity contribution is -0.111. The lowest BCUT2D eigenvalue weighted by Crippen LogP contribution is -2.08. The molecule has 0 atom stereocenters. The zero-order valence-electron chi connectivity index (χ0n) is 13.3. The second-order valence-corrected chi connectivity index (χ2v) is 5.04. The summed E-state index contributed by atoms with van der Waals surface area (Å²) >= 11 is 0. The minimum atomic E-state index is -2.93. The Labute approximate surface area is 146 Å². The van der Waals surface area contributed by atoms with Gasteiger partial charge in [-0.05, 0) is 46.8 Å². The summed E-state index contributed by atoms with van der Waals surface area (Å²) in [5, 5.41) is 13.5. The van der Waals surface area contributed by atoms with Gasteiger partial charge < -0.3 is 10.1 Å². The van der Waals surface area contributed by atoms with Crippen LogP contribution in [0.5, 0.6) is 5.75 Å². The molecule has 0 fully saturated rings. The van der Waals surface area contributed by atoms with Gasteiger partial charge in [-0.3, -0.25) is 4.79 Å². The molecule has 3 rings (SSSR count). The van der Waals surface area contributed by atoms with Crippen LogP contribution in [0, 0.1) is 0 Å². The summed E-state index contributed by atoms with van der Waals surface area (Å²) in [6.07, 6.45) is 4.10. The Balaban J connectivity index is 1.65. The highest BCUT2D eigenvalue weighted by Gasteiger charge is 2.07. The number of nitrogens with one attached hydrogen (secondary N) is 1. The number of carbonyl (C=O) groups excluding carboxylic acids is 1. The van der Waals surface area contributed by atoms with E-state index < -0.39 is 12.5 Å². The summed E-state index contributed by atoms with van der Waals surface area (Å²) in [6.45, 7) is -2.93. The van der Waals surface area contributed by atoms with Crippen molar-refractivity contribution in [2.24, 2.45) is 0 Å². The zero-order valence-corrected chi connectivity index (χ0v) is 13.3. The standard InChI is InChI=1S/C17H13F2N5O2/c18-17(19)26-15-4-2-1-3-12(15)5-10-16(25)21-13-6-8-14(9-7-13)24-11-20-22-23-24/h1-11,17H,(H,21,25)/b10-5+. The van der Waals surface area contributed by atoms with Crippen molar-refractivity contribution < 1.29 is 18.3 Å². The molecule has 7 nitrogen and oxygen atoms in total. The normalized spacial score (nSPS) is 11.0. The molecule has 0 bridgehead atoms. The number of ether oxygens (including phenoxy) is 1. The minimum absolute atomic E-state index is 0.00246. The van der Waals surface area contributed by atoms with Gasteiger partial charge in [0.05, 0.1) is 5.69 Å². The fourth-order valence-electron chi connectivity index (χ4n) is 2.15. The van der Waals surface area contributed by atoms with Gasteiger partial charge >= 0.3 is 6.61 Å². The van der Waals surface area contributed by atoms with Gasteiger partial charge in [0.25, 0.3) is 0 Å². The van der Waals surface area contributed by atoms with Gasteiger partial charge in [-0.25, -0.2) is 4.68 Å². The van der Waals surface area contributed by atoms with E-state index in [-0.39, 0.29) is 5.75 Å². The van der Waals surface area contributed by atoms with Crippen molar-refractivity contribution >= 4 is 17.7 Å². The average molecular weight is 357 g/mol. The number of benzene rings is 2. The lowest BCUT2D eigenvalue weighted by Gasteiger charge is -2.07. The van der Waals surface area contributed by atoms with Gasteiger partial charge in [0, 0.05) is 17.3 Å². The van der Waals surface area contributed by atoms with E-state index in [1.165, 1.54) is 29.2 Å². The maximum atomic E-state index is 12.4. The molecule has 0 saturated carbocycles. The van der Waals surface area contributed by atoms with Crippen LogP contribution in [0.1, 0.15) is 5.56 Å². The molecule has 1 N–H and O–H groups in total. The Morgan fingerprint density at radius 3 is 2.62 bits per heavy atom. The number of alkyl halides is 2. The van der Waals surface area contributed by atoms with Crippen molar-refractivity contribution in [1.82, 2.24) is 20.2 Å². The number of nitrogens with zero attached hydrogens (tertiary/aromatic N) is 4. The first kappa shape index (κ1) is 17.2. The van der Waals surface area contributed by atoms with Crippen LogP contribution in [0.2, 0.25) is 0 Å². The third kappa shape index (κ3) is 4.47. The van der Waals surface area contributed by atoms with Crippen LogP contribution in [-0.4, -0.2) is 32.7 Å². The van der Waals surface area contributed by atoms with Crippen LogP contribution >= 0.6 is 0 Å². The molecular weight excluding hydrogens is 344 g/mol. The number of rotatable bonds is 6. The maximum Gasteiger partial charge on any atom is 0.387 e. The fraction of sp³-hybridized carbons (Fsp3) is 0.0588. The molecular formula is C17H13F2N5O2. The van der Waals surface area contributed by atoms with Crippen LogP contribution in [0.15, 0.2) is 60.9 Å². The number of anilines is 1. The van der Waals surface area contributed by atoms with Crippen molar-refractivity contribution in [3.63, 3.8) is 0 Å². The summed E-state index contributed by atoms with van der Waals surface area (Å²) in [5.41, 5.74) is 1.67. The Kier molecular flexibility index (Phi) is 5.28. The van der Waals surface area contributed by atoms with Crippen molar-refractivity contribution in [2.75, 3.05) is 5.32 Å². The first-order valence-corrected chi connectivity index (χ1v) is 7.48. The van der Waals surface area contributed by atoms with Crippen molar-refractivity contribution in [3.05, 3.63) is 66.5 Å². The number of aromatic nitrogens is 4. The molecule has 0 unspecified atom stereocenters. The number of halogens is 2. The average Bonchev–Trinajstić information content (AvgIpc) is 3.16. The molecule has 0 spiro atoms. The Morgan fingerprint density at radius 1 is 1.15 bits per heavy atom. The molecule has 0 saturated heterocycles. The van der Waals surface area contributed by atoms with E-state index in [1.807, 2.05) is 0 Å².